The molecule has 4 rings (SSSR count). The molecule has 1 atom stereocenters. The maximum atomic E-state index is 14.8. The van der Waals surface area contributed by atoms with E-state index in [1.165, 1.54) is 23.1 Å². The summed E-state index contributed by atoms with van der Waals surface area (Å²) in [6, 6.07) is 3.74. The number of hydrogen-bond acceptors (Lipinski definition) is 7. The first-order valence-electron chi connectivity index (χ1n) is 9.94. The fraction of sp³-hybridized carbons (Fsp3) is 0.450. The molecule has 1 fully saturated rings. The van der Waals surface area contributed by atoms with Gasteiger partial charge in [-0.05, 0) is 56.5 Å². The minimum atomic E-state index is -3.51. The van der Waals surface area contributed by atoms with Crippen molar-refractivity contribution in [3.63, 3.8) is 0 Å². The fourth-order valence-corrected chi connectivity index (χ4v) is 4.90. The van der Waals surface area contributed by atoms with Crippen molar-refractivity contribution in [3.8, 4) is 5.69 Å². The number of benzene rings is 1. The molecule has 0 aliphatic carbocycles. The Labute approximate surface area is 186 Å². The van der Waals surface area contributed by atoms with Gasteiger partial charge in [-0.25, -0.2) is 27.5 Å². The van der Waals surface area contributed by atoms with Gasteiger partial charge in [0.05, 0.1) is 27.7 Å². The average molecular weight is 469 g/mol. The molecule has 3 heterocycles. The maximum Gasteiger partial charge on any atom is 0.175 e. The van der Waals surface area contributed by atoms with Crippen molar-refractivity contribution in [2.45, 2.75) is 36.6 Å². The Morgan fingerprint density at radius 3 is 2.61 bits per heavy atom. The Morgan fingerprint density at radius 2 is 2.00 bits per heavy atom. The molecule has 3 aromatic rings. The van der Waals surface area contributed by atoms with Crippen LogP contribution >= 0.6 is 12.4 Å². The van der Waals surface area contributed by atoms with Crippen LogP contribution in [-0.4, -0.2) is 47.5 Å². The normalized spacial score (nSPS) is 17.3. The lowest BCUT2D eigenvalue weighted by atomic mass is 9.74. The van der Waals surface area contributed by atoms with Gasteiger partial charge >= 0.3 is 0 Å². The van der Waals surface area contributed by atoms with E-state index in [0.29, 0.717) is 23.1 Å². The topological polar surface area (TPSA) is 116 Å². The molecule has 0 radical (unpaired) electrons. The highest BCUT2D eigenvalue weighted by Gasteiger charge is 2.38. The summed E-state index contributed by atoms with van der Waals surface area (Å²) in [5.74, 6) is -0.438. The highest BCUT2D eigenvalue weighted by molar-refractivity contribution is 7.90. The third-order valence-electron chi connectivity index (χ3n) is 6.03. The van der Waals surface area contributed by atoms with Crippen molar-refractivity contribution in [3.05, 3.63) is 42.2 Å². The minimum Gasteiger partial charge on any atom is -0.320 e. The molecular weight excluding hydrogens is 443 g/mol. The standard InChI is InChI=1S/C20H25FN6O2S.ClH/c1-3-20(22,13-6-8-23-9-7-13)18-15-11-26-27(19(15)25-12-24-18)17-5-4-14(10-16(17)21)30(2,28)29;/h4-5,10-13,23H,3,6-9,22H2,1-2H3;1H. The molecule has 0 bridgehead atoms. The molecule has 1 aromatic carbocycles. The van der Waals surface area contributed by atoms with Crippen LogP contribution in [0.1, 0.15) is 31.9 Å². The number of nitrogens with two attached hydrogens (primary N) is 1. The van der Waals surface area contributed by atoms with E-state index >= 15 is 0 Å². The molecule has 31 heavy (non-hydrogen) atoms. The quantitative estimate of drug-likeness (QED) is 0.590. The molecule has 0 spiro atoms. The van der Waals surface area contributed by atoms with Gasteiger partial charge in [-0.2, -0.15) is 5.10 Å². The van der Waals surface area contributed by atoms with E-state index in [1.54, 1.807) is 6.20 Å². The SMILES string of the molecule is CCC(N)(c1ncnc2c1cnn2-c1ccc(S(C)(=O)=O)cc1F)C1CCNCC1.Cl. The zero-order valence-corrected chi connectivity index (χ0v) is 19.0. The third-order valence-corrected chi connectivity index (χ3v) is 7.15. The lowest BCUT2D eigenvalue weighted by Crippen LogP contribution is -2.48. The molecule has 0 amide bonds. The van der Waals surface area contributed by atoms with E-state index in [0.717, 1.165) is 38.3 Å². The van der Waals surface area contributed by atoms with Crippen molar-refractivity contribution in [2.75, 3.05) is 19.3 Å². The van der Waals surface area contributed by atoms with Gasteiger partial charge in [0.15, 0.2) is 15.5 Å². The molecule has 168 valence electrons. The largest absolute Gasteiger partial charge is 0.320 e. The first-order valence-corrected chi connectivity index (χ1v) is 11.8. The molecule has 3 N–H and O–H groups in total. The first-order chi connectivity index (χ1) is 14.3. The number of sulfone groups is 1. The van der Waals surface area contributed by atoms with Crippen molar-refractivity contribution in [1.82, 2.24) is 25.1 Å². The van der Waals surface area contributed by atoms with Crippen LogP contribution in [0.3, 0.4) is 0 Å². The van der Waals surface area contributed by atoms with Crippen molar-refractivity contribution >= 4 is 33.3 Å². The lowest BCUT2D eigenvalue weighted by molar-refractivity contribution is 0.205. The number of fused-ring (bicyclic) bond motifs is 1. The first kappa shape index (κ1) is 23.5. The van der Waals surface area contributed by atoms with Crippen molar-refractivity contribution < 1.29 is 12.8 Å². The van der Waals surface area contributed by atoms with E-state index in [1.807, 2.05) is 6.92 Å². The number of piperidine rings is 1. The third kappa shape index (κ3) is 4.17. The zero-order valence-electron chi connectivity index (χ0n) is 17.4. The van der Waals surface area contributed by atoms with Crippen LogP contribution < -0.4 is 11.1 Å². The Hall–Kier alpha value is -2.14. The van der Waals surface area contributed by atoms with Gasteiger partial charge < -0.3 is 11.1 Å². The number of hydrogen-bond donors (Lipinski definition) is 2. The van der Waals surface area contributed by atoms with Gasteiger partial charge in [0, 0.05) is 6.26 Å². The van der Waals surface area contributed by atoms with E-state index in [9.17, 15) is 12.8 Å². The summed E-state index contributed by atoms with van der Waals surface area (Å²) < 4.78 is 39.5. The zero-order chi connectivity index (χ0) is 21.5. The summed E-state index contributed by atoms with van der Waals surface area (Å²) in [4.78, 5) is 8.75. The molecule has 11 heteroatoms. The van der Waals surface area contributed by atoms with E-state index in [4.69, 9.17) is 5.73 Å². The number of nitrogens with zero attached hydrogens (tertiary/aromatic N) is 4. The summed E-state index contributed by atoms with van der Waals surface area (Å²) in [7, 11) is -3.51. The van der Waals surface area contributed by atoms with Gasteiger partial charge in [-0.3, -0.25) is 0 Å². The Morgan fingerprint density at radius 1 is 1.29 bits per heavy atom. The van der Waals surface area contributed by atoms with Gasteiger partial charge in [-0.1, -0.05) is 6.92 Å². The predicted molar refractivity (Wildman–Crippen MR) is 119 cm³/mol. The molecule has 2 aromatic heterocycles. The van der Waals surface area contributed by atoms with Gasteiger partial charge in [0.2, 0.25) is 0 Å². The van der Waals surface area contributed by atoms with Crippen LogP contribution in [0.2, 0.25) is 0 Å². The number of rotatable bonds is 5. The predicted octanol–water partition coefficient (Wildman–Crippen LogP) is 2.34. The highest BCUT2D eigenvalue weighted by Crippen LogP contribution is 2.38. The Kier molecular flexibility index (Phi) is 6.66. The molecule has 1 aliphatic heterocycles. The summed E-state index contributed by atoms with van der Waals surface area (Å²) in [5.41, 5.74) is 7.52. The smallest absolute Gasteiger partial charge is 0.175 e. The average Bonchev–Trinajstić information content (AvgIpc) is 3.17. The second kappa shape index (κ2) is 8.78. The van der Waals surface area contributed by atoms with E-state index < -0.39 is 21.2 Å². The van der Waals surface area contributed by atoms with Gasteiger partial charge in [0.25, 0.3) is 0 Å². The fourth-order valence-electron chi connectivity index (χ4n) is 4.27. The lowest BCUT2D eigenvalue weighted by Gasteiger charge is -2.39. The van der Waals surface area contributed by atoms with Crippen LogP contribution in [0.25, 0.3) is 16.7 Å². The highest BCUT2D eigenvalue weighted by atomic mass is 35.5. The van der Waals surface area contributed by atoms with E-state index in [-0.39, 0.29) is 28.9 Å². The molecule has 1 unspecified atom stereocenters. The number of aromatic nitrogens is 4. The summed E-state index contributed by atoms with van der Waals surface area (Å²) >= 11 is 0. The Bertz CT molecular complexity index is 1200. The van der Waals surface area contributed by atoms with Crippen molar-refractivity contribution in [2.24, 2.45) is 11.7 Å². The van der Waals surface area contributed by atoms with Crippen LogP contribution in [0.5, 0.6) is 0 Å². The number of halogens is 2. The molecular formula is C20H26ClFN6O2S. The van der Waals surface area contributed by atoms with Gasteiger partial charge in [0.1, 0.15) is 17.8 Å². The van der Waals surface area contributed by atoms with Crippen molar-refractivity contribution in [1.29, 1.82) is 0 Å². The minimum absolute atomic E-state index is 0. The molecule has 0 saturated carbocycles. The summed E-state index contributed by atoms with van der Waals surface area (Å²) in [6.07, 6.45) is 6.67. The second-order valence-corrected chi connectivity index (χ2v) is 9.84. The molecule has 1 aliphatic rings. The monoisotopic (exact) mass is 468 g/mol. The van der Waals surface area contributed by atoms with Gasteiger partial charge in [-0.15, -0.1) is 12.4 Å². The number of nitrogens with one attached hydrogen (secondary N) is 1. The maximum absolute atomic E-state index is 14.8. The van der Waals surface area contributed by atoms with Crippen LogP contribution in [0.4, 0.5) is 4.39 Å². The van der Waals surface area contributed by atoms with E-state index in [2.05, 4.69) is 20.4 Å². The molecule has 8 nitrogen and oxygen atoms in total. The van der Waals surface area contributed by atoms with Crippen LogP contribution in [-0.2, 0) is 15.4 Å². The summed E-state index contributed by atoms with van der Waals surface area (Å²) in [6.45, 7) is 3.87. The summed E-state index contributed by atoms with van der Waals surface area (Å²) in [5, 5.41) is 8.36. The molecule has 1 saturated heterocycles. The Balaban J connectivity index is 0.00000272. The van der Waals surface area contributed by atoms with Crippen LogP contribution in [0.15, 0.2) is 35.6 Å². The van der Waals surface area contributed by atoms with Crippen LogP contribution in [0, 0.1) is 11.7 Å². The second-order valence-electron chi connectivity index (χ2n) is 7.82.